The first-order chi connectivity index (χ1) is 3.91. The smallest absolute Gasteiger partial charge is 0.296 e. The molecule has 0 radical (unpaired) electrons. The van der Waals surface area contributed by atoms with Gasteiger partial charge in [0, 0.05) is 0 Å². The number of hydrogen-bond acceptors (Lipinski definition) is 3. The van der Waals surface area contributed by atoms with Crippen molar-refractivity contribution >= 4 is 29.6 Å². The van der Waals surface area contributed by atoms with Crippen molar-refractivity contribution in [3.63, 3.8) is 0 Å². The summed E-state index contributed by atoms with van der Waals surface area (Å²) in [5, 5.41) is 0. The molecule has 0 unspecified atom stereocenters. The molecule has 0 saturated carbocycles. The number of halogens is 2. The van der Waals surface area contributed by atoms with Gasteiger partial charge in [0.15, 0.2) is 0 Å². The Hall–Kier alpha value is 0.750. The third-order valence-electron chi connectivity index (χ3n) is 0.167. The van der Waals surface area contributed by atoms with Crippen LogP contribution in [0.25, 0.3) is 0 Å². The quantitative estimate of drug-likeness (QED) is 0.516. The van der Waals surface area contributed by atoms with Gasteiger partial charge in [-0.15, -0.1) is 8.39 Å². The molecule has 0 saturated heterocycles. The lowest BCUT2D eigenvalue weighted by Gasteiger charge is -1.73. The summed E-state index contributed by atoms with van der Waals surface area (Å²) in [6.45, 7) is 0. The van der Waals surface area contributed by atoms with Crippen molar-refractivity contribution in [2.75, 3.05) is 12.5 Å². The minimum Gasteiger partial charge on any atom is -0.296 e. The van der Waals surface area contributed by atoms with E-state index in [4.69, 9.17) is 9.46 Å². The fraction of sp³-hybridized carbons (Fsp3) is 1.00. The Balaban J connectivity index is 0. The van der Waals surface area contributed by atoms with E-state index in [1.54, 1.807) is 21.6 Å². The molecular formula is C2H7F2O2PS2. The van der Waals surface area contributed by atoms with Gasteiger partial charge in [0.1, 0.15) is 0 Å². The van der Waals surface area contributed by atoms with Gasteiger partial charge in [-0.05, 0) is 12.5 Å². The molecule has 0 rings (SSSR count). The van der Waals surface area contributed by atoms with Crippen molar-refractivity contribution in [3.8, 4) is 0 Å². The molecule has 0 atom stereocenters. The second-order valence-corrected chi connectivity index (χ2v) is 4.30. The predicted molar refractivity (Wildman–Crippen MR) is 39.1 cm³/mol. The monoisotopic (exact) mass is 196 g/mol. The zero-order chi connectivity index (χ0) is 7.91. The SMILES string of the molecule is CSSC.O=P(O)(F)F. The lowest BCUT2D eigenvalue weighted by Crippen LogP contribution is -1.45. The lowest BCUT2D eigenvalue weighted by atomic mass is 12.0. The topological polar surface area (TPSA) is 37.3 Å². The van der Waals surface area contributed by atoms with Gasteiger partial charge in [0.05, 0.1) is 0 Å². The Bertz CT molecular complexity index is 84.3. The first-order valence-electron chi connectivity index (χ1n) is 1.70. The van der Waals surface area contributed by atoms with E-state index >= 15 is 0 Å². The minimum absolute atomic E-state index is 1.77. The fourth-order valence-corrected chi connectivity index (χ4v) is 0. The molecule has 0 fully saturated rings. The van der Waals surface area contributed by atoms with Crippen LogP contribution in [-0.2, 0) is 4.57 Å². The molecule has 0 aliphatic rings. The van der Waals surface area contributed by atoms with Crippen LogP contribution < -0.4 is 0 Å². The van der Waals surface area contributed by atoms with E-state index in [0.717, 1.165) is 0 Å². The zero-order valence-electron chi connectivity index (χ0n) is 4.88. The fourth-order valence-electron chi connectivity index (χ4n) is 0. The highest BCUT2D eigenvalue weighted by Gasteiger charge is 2.09. The minimum atomic E-state index is -5.64. The average molecular weight is 196 g/mol. The van der Waals surface area contributed by atoms with Gasteiger partial charge in [-0.1, -0.05) is 21.6 Å². The third kappa shape index (κ3) is 130. The predicted octanol–water partition coefficient (Wildman–Crippen LogP) is 2.65. The average Bonchev–Trinajstić information content (AvgIpc) is 1.61. The maximum absolute atomic E-state index is 10.1. The molecule has 58 valence electrons. The van der Waals surface area contributed by atoms with Crippen molar-refractivity contribution in [1.29, 1.82) is 0 Å². The summed E-state index contributed by atoms with van der Waals surface area (Å²) in [6, 6.07) is 0. The Labute approximate surface area is 60.5 Å². The first-order valence-corrected chi connectivity index (χ1v) is 6.11. The largest absolute Gasteiger partial charge is 0.549 e. The lowest BCUT2D eigenvalue weighted by molar-refractivity contribution is 0.376. The summed E-state index contributed by atoms with van der Waals surface area (Å²) >= 11 is 0. The van der Waals surface area contributed by atoms with Gasteiger partial charge < -0.3 is 0 Å². The van der Waals surface area contributed by atoms with Crippen LogP contribution in [0.15, 0.2) is 0 Å². The van der Waals surface area contributed by atoms with Gasteiger partial charge >= 0.3 is 7.99 Å². The van der Waals surface area contributed by atoms with E-state index < -0.39 is 7.99 Å². The molecule has 1 N–H and O–H groups in total. The van der Waals surface area contributed by atoms with Crippen molar-refractivity contribution < 1.29 is 17.9 Å². The second kappa shape index (κ2) is 6.86. The van der Waals surface area contributed by atoms with Crippen LogP contribution in [0.3, 0.4) is 0 Å². The first kappa shape index (κ1) is 12.4. The van der Waals surface area contributed by atoms with Crippen molar-refractivity contribution in [1.82, 2.24) is 0 Å². The van der Waals surface area contributed by atoms with E-state index in [1.807, 2.05) is 0 Å². The van der Waals surface area contributed by atoms with E-state index in [2.05, 4.69) is 12.5 Å². The summed E-state index contributed by atoms with van der Waals surface area (Å²) < 4.78 is 28.7. The molecule has 0 amide bonds. The van der Waals surface area contributed by atoms with Gasteiger partial charge in [-0.2, -0.15) is 0 Å². The van der Waals surface area contributed by atoms with Gasteiger partial charge in [-0.25, -0.2) is 4.57 Å². The van der Waals surface area contributed by atoms with Crippen LogP contribution in [0.5, 0.6) is 0 Å². The molecule has 2 nitrogen and oxygen atoms in total. The van der Waals surface area contributed by atoms with Crippen LogP contribution in [-0.4, -0.2) is 17.4 Å². The summed E-state index contributed by atoms with van der Waals surface area (Å²) in [5.74, 6) is 0. The van der Waals surface area contributed by atoms with Gasteiger partial charge in [-0.3, -0.25) is 4.89 Å². The molecule has 0 heterocycles. The van der Waals surface area contributed by atoms with Crippen LogP contribution >= 0.6 is 29.6 Å². The molecule has 0 aliphatic heterocycles. The molecule has 9 heavy (non-hydrogen) atoms. The highest BCUT2D eigenvalue weighted by molar-refractivity contribution is 8.76. The van der Waals surface area contributed by atoms with E-state index in [9.17, 15) is 8.39 Å². The summed E-state index contributed by atoms with van der Waals surface area (Å²) in [7, 11) is -2.09. The maximum Gasteiger partial charge on any atom is 0.549 e. The van der Waals surface area contributed by atoms with Gasteiger partial charge in [0.2, 0.25) is 0 Å². The highest BCUT2D eigenvalue weighted by Crippen LogP contribution is 2.43. The van der Waals surface area contributed by atoms with E-state index in [1.165, 1.54) is 0 Å². The maximum atomic E-state index is 10.1. The summed E-state index contributed by atoms with van der Waals surface area (Å²) in [4.78, 5) is 6.74. The molecule has 7 heteroatoms. The molecule has 0 spiro atoms. The van der Waals surface area contributed by atoms with Crippen molar-refractivity contribution in [2.24, 2.45) is 0 Å². The third-order valence-corrected chi connectivity index (χ3v) is 1.50. The molecule has 0 aromatic carbocycles. The number of rotatable bonds is 1. The molecule has 0 aromatic heterocycles. The Morgan fingerprint density at radius 2 is 1.44 bits per heavy atom. The van der Waals surface area contributed by atoms with Crippen LogP contribution in [0.4, 0.5) is 8.39 Å². The van der Waals surface area contributed by atoms with Crippen molar-refractivity contribution in [3.05, 3.63) is 0 Å². The van der Waals surface area contributed by atoms with Gasteiger partial charge in [0.25, 0.3) is 0 Å². The molecule has 0 bridgehead atoms. The zero-order valence-corrected chi connectivity index (χ0v) is 7.40. The van der Waals surface area contributed by atoms with Crippen LogP contribution in [0.1, 0.15) is 0 Å². The Morgan fingerprint density at radius 1 is 1.33 bits per heavy atom. The van der Waals surface area contributed by atoms with Crippen molar-refractivity contribution in [2.45, 2.75) is 0 Å². The molecular weight excluding hydrogens is 189 g/mol. The van der Waals surface area contributed by atoms with E-state index in [-0.39, 0.29) is 0 Å². The van der Waals surface area contributed by atoms with Crippen LogP contribution in [0, 0.1) is 0 Å². The second-order valence-electron chi connectivity index (χ2n) is 0.768. The number of hydrogen-bond donors (Lipinski definition) is 1. The summed E-state index contributed by atoms with van der Waals surface area (Å²) in [5.41, 5.74) is 0. The standard InChI is InChI=1S/C2H6S2.F2HO2P/c1-3-4-2;1-5(2,3)4/h1-2H3;(H,3,4). The molecule has 0 aliphatic carbocycles. The van der Waals surface area contributed by atoms with E-state index in [0.29, 0.717) is 0 Å². The highest BCUT2D eigenvalue weighted by atomic mass is 33.1. The Morgan fingerprint density at radius 3 is 1.44 bits per heavy atom. The normalized spacial score (nSPS) is 9.89. The Kier molecular flexibility index (Phi) is 9.48. The van der Waals surface area contributed by atoms with Crippen LogP contribution in [0.2, 0.25) is 0 Å². The molecule has 0 aromatic rings. The summed E-state index contributed by atoms with van der Waals surface area (Å²) in [6.07, 6.45) is 4.12.